The van der Waals surface area contributed by atoms with E-state index in [2.05, 4.69) is 33.9 Å². The number of nitrogens with one attached hydrogen (secondary N) is 3. The SMILES string of the molecule is CCNC(=NCCCNC(=O)c1occc1C)NCCC1=CCCCC1. The van der Waals surface area contributed by atoms with E-state index in [-0.39, 0.29) is 5.91 Å². The van der Waals surface area contributed by atoms with Crippen LogP contribution in [0.15, 0.2) is 33.4 Å². The van der Waals surface area contributed by atoms with Gasteiger partial charge in [-0.2, -0.15) is 0 Å². The second-order valence-corrected chi connectivity index (χ2v) is 6.59. The maximum absolute atomic E-state index is 11.9. The summed E-state index contributed by atoms with van der Waals surface area (Å²) >= 11 is 0. The Morgan fingerprint density at radius 1 is 1.23 bits per heavy atom. The Morgan fingerprint density at radius 3 is 2.81 bits per heavy atom. The molecule has 1 amide bonds. The van der Waals surface area contributed by atoms with E-state index < -0.39 is 0 Å². The van der Waals surface area contributed by atoms with Gasteiger partial charge in [0.15, 0.2) is 11.7 Å². The van der Waals surface area contributed by atoms with E-state index in [0.717, 1.165) is 37.5 Å². The largest absolute Gasteiger partial charge is 0.459 e. The second kappa shape index (κ2) is 11.4. The van der Waals surface area contributed by atoms with Gasteiger partial charge in [-0.15, -0.1) is 0 Å². The van der Waals surface area contributed by atoms with Crippen molar-refractivity contribution < 1.29 is 9.21 Å². The zero-order valence-corrected chi connectivity index (χ0v) is 16.1. The van der Waals surface area contributed by atoms with Crippen LogP contribution in [0.2, 0.25) is 0 Å². The quantitative estimate of drug-likeness (QED) is 0.274. The molecule has 2 rings (SSSR count). The Hall–Kier alpha value is -2.24. The Balaban J connectivity index is 1.65. The fourth-order valence-electron chi connectivity index (χ4n) is 2.97. The third kappa shape index (κ3) is 6.94. The molecule has 3 N–H and O–H groups in total. The van der Waals surface area contributed by atoms with Crippen molar-refractivity contribution in [2.24, 2.45) is 4.99 Å². The first-order valence-electron chi connectivity index (χ1n) is 9.73. The lowest BCUT2D eigenvalue weighted by Gasteiger charge is -2.15. The molecule has 26 heavy (non-hydrogen) atoms. The van der Waals surface area contributed by atoms with E-state index in [0.29, 0.717) is 18.8 Å². The molecule has 0 aliphatic heterocycles. The first kappa shape index (κ1) is 20.1. The zero-order valence-electron chi connectivity index (χ0n) is 16.1. The van der Waals surface area contributed by atoms with E-state index in [1.165, 1.54) is 31.9 Å². The van der Waals surface area contributed by atoms with Gasteiger partial charge in [0.2, 0.25) is 0 Å². The molecule has 0 spiro atoms. The highest BCUT2D eigenvalue weighted by atomic mass is 16.3. The van der Waals surface area contributed by atoms with Crippen molar-refractivity contribution in [1.29, 1.82) is 0 Å². The summed E-state index contributed by atoms with van der Waals surface area (Å²) < 4.78 is 5.18. The van der Waals surface area contributed by atoms with Crippen molar-refractivity contribution in [1.82, 2.24) is 16.0 Å². The summed E-state index contributed by atoms with van der Waals surface area (Å²) in [5.41, 5.74) is 2.42. The van der Waals surface area contributed by atoms with E-state index >= 15 is 0 Å². The van der Waals surface area contributed by atoms with Crippen LogP contribution in [0.5, 0.6) is 0 Å². The zero-order chi connectivity index (χ0) is 18.6. The monoisotopic (exact) mass is 360 g/mol. The van der Waals surface area contributed by atoms with Crippen molar-refractivity contribution in [3.8, 4) is 0 Å². The standard InChI is InChI=1S/C20H32N4O2/c1-3-21-20(24-14-10-17-8-5-4-6-9-17)23-13-7-12-22-19(25)18-16(2)11-15-26-18/h8,11,15H,3-7,9-10,12-14H2,1-2H3,(H,22,25)(H2,21,23,24). The molecule has 0 unspecified atom stereocenters. The highest BCUT2D eigenvalue weighted by Crippen LogP contribution is 2.19. The summed E-state index contributed by atoms with van der Waals surface area (Å²) in [7, 11) is 0. The van der Waals surface area contributed by atoms with Crippen LogP contribution in [0.1, 0.15) is 61.6 Å². The summed E-state index contributed by atoms with van der Waals surface area (Å²) in [5.74, 6) is 1.07. The lowest BCUT2D eigenvalue weighted by Crippen LogP contribution is -2.38. The van der Waals surface area contributed by atoms with Gasteiger partial charge in [0.1, 0.15) is 0 Å². The van der Waals surface area contributed by atoms with Crippen molar-refractivity contribution in [3.05, 3.63) is 35.3 Å². The molecule has 6 nitrogen and oxygen atoms in total. The molecule has 0 bridgehead atoms. The van der Waals surface area contributed by atoms with Crippen molar-refractivity contribution in [2.75, 3.05) is 26.2 Å². The van der Waals surface area contributed by atoms with Crippen LogP contribution in [0, 0.1) is 6.92 Å². The molecule has 6 heteroatoms. The number of amides is 1. The molecular formula is C20H32N4O2. The molecule has 0 radical (unpaired) electrons. The molecule has 0 fully saturated rings. The van der Waals surface area contributed by atoms with Crippen molar-refractivity contribution >= 4 is 11.9 Å². The van der Waals surface area contributed by atoms with Crippen LogP contribution < -0.4 is 16.0 Å². The molecule has 0 saturated carbocycles. The predicted octanol–water partition coefficient (Wildman–Crippen LogP) is 3.15. The maximum Gasteiger partial charge on any atom is 0.287 e. The number of aryl methyl sites for hydroxylation is 1. The Bertz CT molecular complexity index is 619. The number of guanidine groups is 1. The fraction of sp³-hybridized carbons (Fsp3) is 0.600. The number of aliphatic imine (C=N–C) groups is 1. The molecule has 1 aromatic heterocycles. The summed E-state index contributed by atoms with van der Waals surface area (Å²) in [6.45, 7) is 6.91. The number of rotatable bonds is 9. The number of hydrogen-bond acceptors (Lipinski definition) is 3. The van der Waals surface area contributed by atoms with E-state index in [4.69, 9.17) is 4.42 Å². The van der Waals surface area contributed by atoms with E-state index in [1.807, 2.05) is 6.92 Å². The van der Waals surface area contributed by atoms with Crippen molar-refractivity contribution in [3.63, 3.8) is 0 Å². The third-order valence-corrected chi connectivity index (χ3v) is 4.43. The normalized spacial score (nSPS) is 14.7. The second-order valence-electron chi connectivity index (χ2n) is 6.59. The highest BCUT2D eigenvalue weighted by molar-refractivity contribution is 5.92. The number of carbonyl (C=O) groups is 1. The molecule has 1 aromatic rings. The minimum Gasteiger partial charge on any atom is -0.459 e. The minimum atomic E-state index is -0.165. The number of carbonyl (C=O) groups excluding carboxylic acids is 1. The van der Waals surface area contributed by atoms with Crippen LogP contribution >= 0.6 is 0 Å². The molecule has 0 saturated heterocycles. The van der Waals surface area contributed by atoms with Gasteiger partial charge < -0.3 is 20.4 Å². The summed E-state index contributed by atoms with van der Waals surface area (Å²) in [6, 6.07) is 1.79. The average Bonchev–Trinajstić information content (AvgIpc) is 3.08. The fourth-order valence-corrected chi connectivity index (χ4v) is 2.97. The molecule has 1 heterocycles. The van der Waals surface area contributed by atoms with Crippen LogP contribution in [0.3, 0.4) is 0 Å². The Kier molecular flexibility index (Phi) is 8.79. The van der Waals surface area contributed by atoms with Gasteiger partial charge in [-0.05, 0) is 58.4 Å². The van der Waals surface area contributed by atoms with E-state index in [9.17, 15) is 4.79 Å². The molecule has 1 aliphatic carbocycles. The molecular weight excluding hydrogens is 328 g/mol. The van der Waals surface area contributed by atoms with Gasteiger partial charge in [-0.3, -0.25) is 9.79 Å². The molecule has 0 atom stereocenters. The van der Waals surface area contributed by atoms with Crippen LogP contribution in [-0.2, 0) is 0 Å². The number of furan rings is 1. The summed E-state index contributed by atoms with van der Waals surface area (Å²) in [4.78, 5) is 16.5. The number of nitrogens with zero attached hydrogens (tertiary/aromatic N) is 1. The first-order valence-corrected chi connectivity index (χ1v) is 9.73. The average molecular weight is 361 g/mol. The number of hydrogen-bond donors (Lipinski definition) is 3. The lowest BCUT2D eigenvalue weighted by molar-refractivity contribution is 0.0925. The minimum absolute atomic E-state index is 0.165. The lowest BCUT2D eigenvalue weighted by atomic mass is 9.97. The Morgan fingerprint density at radius 2 is 2.12 bits per heavy atom. The predicted molar refractivity (Wildman–Crippen MR) is 106 cm³/mol. The highest BCUT2D eigenvalue weighted by Gasteiger charge is 2.11. The molecule has 144 valence electrons. The molecule has 1 aliphatic rings. The van der Waals surface area contributed by atoms with Gasteiger partial charge in [0.05, 0.1) is 6.26 Å². The Labute approximate surface area is 156 Å². The molecule has 0 aromatic carbocycles. The van der Waals surface area contributed by atoms with Gasteiger partial charge in [-0.1, -0.05) is 11.6 Å². The van der Waals surface area contributed by atoms with Gasteiger partial charge in [0, 0.05) is 31.7 Å². The summed E-state index contributed by atoms with van der Waals surface area (Å²) in [5, 5.41) is 9.53. The van der Waals surface area contributed by atoms with Gasteiger partial charge in [0.25, 0.3) is 5.91 Å². The summed E-state index contributed by atoms with van der Waals surface area (Å²) in [6.07, 6.45) is 10.9. The van der Waals surface area contributed by atoms with Crippen molar-refractivity contribution in [2.45, 2.75) is 52.4 Å². The third-order valence-electron chi connectivity index (χ3n) is 4.43. The first-order chi connectivity index (χ1) is 12.7. The van der Waals surface area contributed by atoms with Gasteiger partial charge in [-0.25, -0.2) is 0 Å². The van der Waals surface area contributed by atoms with E-state index in [1.54, 1.807) is 11.6 Å². The topological polar surface area (TPSA) is 78.7 Å². The van der Waals surface area contributed by atoms with Gasteiger partial charge >= 0.3 is 0 Å². The number of allylic oxidation sites excluding steroid dienone is 1. The smallest absolute Gasteiger partial charge is 0.287 e. The maximum atomic E-state index is 11.9. The van der Waals surface area contributed by atoms with Crippen LogP contribution in [0.25, 0.3) is 0 Å². The van der Waals surface area contributed by atoms with Crippen LogP contribution in [-0.4, -0.2) is 38.0 Å². The van der Waals surface area contributed by atoms with Crippen LogP contribution in [0.4, 0.5) is 0 Å².